The first kappa shape index (κ1) is 18.0. The Hall–Kier alpha value is -1.02. The van der Waals surface area contributed by atoms with Gasteiger partial charge in [0.25, 0.3) is 0 Å². The smallest absolute Gasteiger partial charge is 0.415 e. The molecule has 5 nitrogen and oxygen atoms in total. The number of amides is 1. The van der Waals surface area contributed by atoms with Crippen LogP contribution in [-0.4, -0.2) is 59.7 Å². The molecule has 8 heteroatoms. The fourth-order valence-corrected chi connectivity index (χ4v) is 2.08. The number of piperidine rings is 1. The molecule has 0 aromatic heterocycles. The lowest BCUT2D eigenvalue weighted by Gasteiger charge is -2.34. The van der Waals surface area contributed by atoms with Crippen LogP contribution in [0.4, 0.5) is 18.0 Å². The molecule has 124 valence electrons. The lowest BCUT2D eigenvalue weighted by molar-refractivity contribution is -0.208. The summed E-state index contributed by atoms with van der Waals surface area (Å²) in [6.45, 7) is 5.64. The summed E-state index contributed by atoms with van der Waals surface area (Å²) in [7, 11) is 0. The van der Waals surface area contributed by atoms with Gasteiger partial charge in [-0.15, -0.1) is 0 Å². The van der Waals surface area contributed by atoms with Gasteiger partial charge in [-0.3, -0.25) is 0 Å². The minimum absolute atomic E-state index is 0.112. The van der Waals surface area contributed by atoms with Gasteiger partial charge in [0.2, 0.25) is 0 Å². The van der Waals surface area contributed by atoms with Crippen LogP contribution >= 0.6 is 0 Å². The minimum atomic E-state index is -4.59. The quantitative estimate of drug-likeness (QED) is 0.835. The number of likely N-dealkylation sites (tertiary alicyclic amines) is 1. The van der Waals surface area contributed by atoms with Crippen molar-refractivity contribution in [2.75, 3.05) is 19.6 Å². The zero-order valence-corrected chi connectivity index (χ0v) is 12.5. The van der Waals surface area contributed by atoms with Crippen molar-refractivity contribution in [2.45, 2.75) is 57.5 Å². The second kappa shape index (κ2) is 6.83. The van der Waals surface area contributed by atoms with Crippen LogP contribution in [0.15, 0.2) is 0 Å². The highest BCUT2D eigenvalue weighted by atomic mass is 19.4. The fraction of sp³-hybridized carbons (Fsp3) is 0.923. The summed E-state index contributed by atoms with van der Waals surface area (Å²) in [6.07, 6.45) is -6.37. The Bertz CT molecular complexity index is 348. The number of halogens is 3. The van der Waals surface area contributed by atoms with E-state index in [1.54, 1.807) is 25.7 Å². The fourth-order valence-electron chi connectivity index (χ4n) is 2.08. The van der Waals surface area contributed by atoms with Crippen molar-refractivity contribution in [1.82, 2.24) is 10.2 Å². The predicted octanol–water partition coefficient (Wildman–Crippen LogP) is 1.90. The van der Waals surface area contributed by atoms with E-state index < -0.39 is 30.5 Å². The molecule has 0 aromatic carbocycles. The number of nitrogens with zero attached hydrogens (tertiary/aromatic N) is 1. The average Bonchev–Trinajstić information content (AvgIpc) is 2.27. The monoisotopic (exact) mass is 312 g/mol. The summed E-state index contributed by atoms with van der Waals surface area (Å²) in [5, 5.41) is 11.7. The summed E-state index contributed by atoms with van der Waals surface area (Å²) in [6, 6.07) is -0.112. The van der Waals surface area contributed by atoms with Crippen molar-refractivity contribution in [3.8, 4) is 0 Å². The molecule has 0 bridgehead atoms. The molecule has 1 amide bonds. The van der Waals surface area contributed by atoms with E-state index in [2.05, 4.69) is 5.32 Å². The zero-order valence-electron chi connectivity index (χ0n) is 12.5. The summed E-state index contributed by atoms with van der Waals surface area (Å²) in [5.74, 6) is 0. The Balaban J connectivity index is 2.31. The molecule has 1 aliphatic heterocycles. The number of carbonyl (C=O) groups excluding carboxylic acids is 1. The van der Waals surface area contributed by atoms with Crippen molar-refractivity contribution in [3.63, 3.8) is 0 Å². The Morgan fingerprint density at radius 1 is 1.33 bits per heavy atom. The van der Waals surface area contributed by atoms with Crippen molar-refractivity contribution >= 4 is 6.09 Å². The van der Waals surface area contributed by atoms with Gasteiger partial charge in [0.05, 0.1) is 0 Å². The van der Waals surface area contributed by atoms with Crippen LogP contribution in [0.3, 0.4) is 0 Å². The van der Waals surface area contributed by atoms with Crippen LogP contribution in [-0.2, 0) is 4.74 Å². The van der Waals surface area contributed by atoms with Crippen LogP contribution in [0.5, 0.6) is 0 Å². The van der Waals surface area contributed by atoms with Crippen molar-refractivity contribution in [2.24, 2.45) is 0 Å². The Labute approximate surface area is 122 Å². The molecule has 1 rings (SSSR count). The third-order valence-electron chi connectivity index (χ3n) is 3.12. The first-order valence-electron chi connectivity index (χ1n) is 6.94. The maximum absolute atomic E-state index is 12.3. The zero-order chi connectivity index (χ0) is 16.3. The molecule has 1 fully saturated rings. The first-order valence-corrected chi connectivity index (χ1v) is 6.94. The van der Waals surface area contributed by atoms with E-state index in [1.807, 2.05) is 0 Å². The van der Waals surface area contributed by atoms with Gasteiger partial charge in [0.1, 0.15) is 5.60 Å². The molecular weight excluding hydrogens is 289 g/mol. The van der Waals surface area contributed by atoms with Crippen molar-refractivity contribution in [3.05, 3.63) is 0 Å². The summed E-state index contributed by atoms with van der Waals surface area (Å²) >= 11 is 0. The van der Waals surface area contributed by atoms with Crippen molar-refractivity contribution < 1.29 is 27.8 Å². The molecule has 1 saturated heterocycles. The van der Waals surface area contributed by atoms with E-state index >= 15 is 0 Å². The minimum Gasteiger partial charge on any atom is -0.444 e. The van der Waals surface area contributed by atoms with Crippen LogP contribution in [0.25, 0.3) is 0 Å². The number of aliphatic hydroxyl groups excluding tert-OH is 1. The molecule has 0 aromatic rings. The van der Waals surface area contributed by atoms with Gasteiger partial charge < -0.3 is 20.1 Å². The molecule has 1 aliphatic rings. The summed E-state index contributed by atoms with van der Waals surface area (Å²) < 4.78 is 41.9. The Kier molecular flexibility index (Phi) is 5.86. The van der Waals surface area contributed by atoms with E-state index in [0.717, 1.165) is 0 Å². The molecule has 21 heavy (non-hydrogen) atoms. The maximum atomic E-state index is 12.3. The molecule has 1 unspecified atom stereocenters. The molecule has 1 atom stereocenters. The number of carbonyl (C=O) groups is 1. The third kappa shape index (κ3) is 6.99. The highest BCUT2D eigenvalue weighted by Gasteiger charge is 2.39. The van der Waals surface area contributed by atoms with Gasteiger partial charge in [-0.05, 0) is 33.6 Å². The normalized spacial score (nSPS) is 20.1. The highest BCUT2D eigenvalue weighted by molar-refractivity contribution is 5.68. The maximum Gasteiger partial charge on any atom is 0.415 e. The SMILES string of the molecule is CC(C)(C)OC(=O)NC1CCN(CC(O)C(F)(F)F)CC1. The van der Waals surface area contributed by atoms with Gasteiger partial charge in [-0.25, -0.2) is 4.79 Å². The number of β-amino-alcohol motifs (C(OH)–C–C–N with tert-alkyl or cyclic N) is 1. The van der Waals surface area contributed by atoms with Crippen LogP contribution in [0.1, 0.15) is 33.6 Å². The molecule has 0 aliphatic carbocycles. The van der Waals surface area contributed by atoms with E-state index in [0.29, 0.717) is 25.9 Å². The second-order valence-electron chi connectivity index (χ2n) is 6.28. The molecule has 2 N–H and O–H groups in total. The number of nitrogens with one attached hydrogen (secondary N) is 1. The standard InChI is InChI=1S/C13H23F3N2O3/c1-12(2,3)21-11(20)17-9-4-6-18(7-5-9)8-10(19)13(14,15)16/h9-10,19H,4-8H2,1-3H3,(H,17,20). The van der Waals surface area contributed by atoms with Gasteiger partial charge in [0.15, 0.2) is 6.10 Å². The number of hydrogen-bond donors (Lipinski definition) is 2. The summed E-state index contributed by atoms with van der Waals surface area (Å²) in [5.41, 5.74) is -0.582. The number of ether oxygens (including phenoxy) is 1. The largest absolute Gasteiger partial charge is 0.444 e. The summed E-state index contributed by atoms with van der Waals surface area (Å²) in [4.78, 5) is 13.1. The third-order valence-corrected chi connectivity index (χ3v) is 3.12. The molecular formula is C13H23F3N2O3. The molecule has 0 saturated carbocycles. The highest BCUT2D eigenvalue weighted by Crippen LogP contribution is 2.22. The predicted molar refractivity (Wildman–Crippen MR) is 70.9 cm³/mol. The Morgan fingerprint density at radius 3 is 2.29 bits per heavy atom. The molecule has 0 spiro atoms. The van der Waals surface area contributed by atoms with Crippen LogP contribution in [0.2, 0.25) is 0 Å². The van der Waals surface area contributed by atoms with Crippen molar-refractivity contribution in [1.29, 1.82) is 0 Å². The van der Waals surface area contributed by atoms with Crippen LogP contribution < -0.4 is 5.32 Å². The second-order valence-corrected chi connectivity index (χ2v) is 6.28. The number of aliphatic hydroxyl groups is 1. The number of alkyl carbamates (subject to hydrolysis) is 1. The molecule has 1 heterocycles. The number of alkyl halides is 3. The number of rotatable bonds is 3. The Morgan fingerprint density at radius 2 is 1.86 bits per heavy atom. The van der Waals surface area contributed by atoms with Gasteiger partial charge in [0, 0.05) is 25.7 Å². The topological polar surface area (TPSA) is 61.8 Å². The average molecular weight is 312 g/mol. The first-order chi connectivity index (χ1) is 9.47. The van der Waals surface area contributed by atoms with E-state index in [4.69, 9.17) is 9.84 Å². The van der Waals surface area contributed by atoms with E-state index in [9.17, 15) is 18.0 Å². The van der Waals surface area contributed by atoms with E-state index in [1.165, 1.54) is 0 Å². The lowest BCUT2D eigenvalue weighted by Crippen LogP contribution is -2.49. The van der Waals surface area contributed by atoms with E-state index in [-0.39, 0.29) is 6.04 Å². The van der Waals surface area contributed by atoms with Gasteiger partial charge >= 0.3 is 12.3 Å². The van der Waals surface area contributed by atoms with Crippen LogP contribution in [0, 0.1) is 0 Å². The van der Waals surface area contributed by atoms with Gasteiger partial charge in [-0.2, -0.15) is 13.2 Å². The lowest BCUT2D eigenvalue weighted by atomic mass is 10.0. The van der Waals surface area contributed by atoms with Gasteiger partial charge in [-0.1, -0.05) is 0 Å². The number of hydrogen-bond acceptors (Lipinski definition) is 4. The molecule has 0 radical (unpaired) electrons.